The van der Waals surface area contributed by atoms with E-state index in [2.05, 4.69) is 51.4 Å². The largest absolute Gasteiger partial charge is 0.348 e. The standard InChI is InChI=1S/C12H12N3S/c1-14-6-4-11-10(7-14)13-9-3-5-15(2)8-12(9)16-11/h3-8H,1-2H3/q+1/p+1. The highest BCUT2D eigenvalue weighted by molar-refractivity contribution is 7.99. The number of nitrogens with zero attached hydrogens (tertiary/aromatic N) is 2. The number of pyridine rings is 2. The SMILES string of the molecule is C[n+]1ccc2c(c1)Nc1cc[n+](C)cc1S2. The van der Waals surface area contributed by atoms with Crippen molar-refractivity contribution in [3.8, 4) is 0 Å². The third-order valence-electron chi connectivity index (χ3n) is 2.61. The number of aryl methyl sites for hydroxylation is 2. The summed E-state index contributed by atoms with van der Waals surface area (Å²) in [5.41, 5.74) is 2.36. The third kappa shape index (κ3) is 1.55. The number of rotatable bonds is 0. The van der Waals surface area contributed by atoms with E-state index in [0.717, 1.165) is 0 Å². The topological polar surface area (TPSA) is 19.8 Å². The second-order valence-corrected chi connectivity index (χ2v) is 5.09. The molecule has 0 spiro atoms. The van der Waals surface area contributed by atoms with Crippen LogP contribution in [0, 0.1) is 0 Å². The van der Waals surface area contributed by atoms with Gasteiger partial charge in [0.1, 0.15) is 19.8 Å². The van der Waals surface area contributed by atoms with Gasteiger partial charge in [-0.05, 0) is 0 Å². The lowest BCUT2D eigenvalue weighted by molar-refractivity contribution is -0.673. The fraction of sp³-hybridized carbons (Fsp3) is 0.167. The van der Waals surface area contributed by atoms with Crippen molar-refractivity contribution < 1.29 is 9.13 Å². The molecule has 3 rings (SSSR count). The number of fused-ring (bicyclic) bond motifs is 2. The molecule has 0 fully saturated rings. The van der Waals surface area contributed by atoms with Crippen LogP contribution in [0.2, 0.25) is 0 Å². The van der Waals surface area contributed by atoms with E-state index in [1.54, 1.807) is 0 Å². The molecule has 4 heteroatoms. The fourth-order valence-electron chi connectivity index (χ4n) is 1.79. The Balaban J connectivity index is 2.09. The Morgan fingerprint density at radius 2 is 1.69 bits per heavy atom. The normalized spacial score (nSPS) is 12.6. The van der Waals surface area contributed by atoms with Crippen molar-refractivity contribution in [2.75, 3.05) is 5.32 Å². The van der Waals surface area contributed by atoms with Crippen LogP contribution in [-0.2, 0) is 14.1 Å². The Morgan fingerprint density at radius 1 is 0.938 bits per heavy atom. The van der Waals surface area contributed by atoms with Gasteiger partial charge in [0.2, 0.25) is 0 Å². The van der Waals surface area contributed by atoms with Crippen LogP contribution >= 0.6 is 11.8 Å². The molecule has 1 N–H and O–H groups in total. The summed E-state index contributed by atoms with van der Waals surface area (Å²) in [6, 6.07) is 4.25. The van der Waals surface area contributed by atoms with Gasteiger partial charge in [-0.25, -0.2) is 9.13 Å². The average Bonchev–Trinajstić information content (AvgIpc) is 2.26. The summed E-state index contributed by atoms with van der Waals surface area (Å²) in [4.78, 5) is 2.54. The van der Waals surface area contributed by atoms with Gasteiger partial charge in [0.25, 0.3) is 0 Å². The van der Waals surface area contributed by atoms with Crippen LogP contribution < -0.4 is 14.5 Å². The van der Waals surface area contributed by atoms with Crippen molar-refractivity contribution in [1.82, 2.24) is 0 Å². The summed E-state index contributed by atoms with van der Waals surface area (Å²) in [6.07, 6.45) is 8.38. The first kappa shape index (κ1) is 9.66. The molecule has 0 aliphatic carbocycles. The highest BCUT2D eigenvalue weighted by Crippen LogP contribution is 2.42. The van der Waals surface area contributed by atoms with E-state index in [4.69, 9.17) is 0 Å². The lowest BCUT2D eigenvalue weighted by atomic mass is 10.3. The Kier molecular flexibility index (Phi) is 2.11. The van der Waals surface area contributed by atoms with Gasteiger partial charge in [-0.3, -0.25) is 0 Å². The molecule has 3 heterocycles. The van der Waals surface area contributed by atoms with Gasteiger partial charge in [-0.15, -0.1) is 0 Å². The minimum Gasteiger partial charge on any atom is -0.348 e. The summed E-state index contributed by atoms with van der Waals surface area (Å²) < 4.78 is 4.13. The first-order chi connectivity index (χ1) is 7.72. The molecule has 0 saturated carbocycles. The van der Waals surface area contributed by atoms with Crippen molar-refractivity contribution in [2.24, 2.45) is 14.1 Å². The zero-order valence-electron chi connectivity index (χ0n) is 9.27. The predicted molar refractivity (Wildman–Crippen MR) is 62.6 cm³/mol. The Morgan fingerprint density at radius 3 is 2.56 bits per heavy atom. The van der Waals surface area contributed by atoms with Gasteiger partial charge >= 0.3 is 0 Å². The van der Waals surface area contributed by atoms with Crippen LogP contribution in [0.5, 0.6) is 0 Å². The zero-order chi connectivity index (χ0) is 11.1. The van der Waals surface area contributed by atoms with E-state index in [1.165, 1.54) is 21.2 Å². The summed E-state index contributed by atoms with van der Waals surface area (Å²) in [6.45, 7) is 0. The number of hydrogen-bond donors (Lipinski definition) is 1. The third-order valence-corrected chi connectivity index (χ3v) is 3.73. The fourth-order valence-corrected chi connectivity index (χ4v) is 2.82. The van der Waals surface area contributed by atoms with Gasteiger partial charge in [0.05, 0.1) is 10.6 Å². The highest BCUT2D eigenvalue weighted by atomic mass is 32.2. The van der Waals surface area contributed by atoms with E-state index < -0.39 is 0 Å². The summed E-state index contributed by atoms with van der Waals surface area (Å²) >= 11 is 1.81. The van der Waals surface area contributed by atoms with Crippen LogP contribution in [0.4, 0.5) is 11.4 Å². The molecule has 80 valence electrons. The molecule has 16 heavy (non-hydrogen) atoms. The molecule has 2 aromatic heterocycles. The van der Waals surface area contributed by atoms with Crippen LogP contribution in [0.15, 0.2) is 46.7 Å². The van der Waals surface area contributed by atoms with Gasteiger partial charge in [0, 0.05) is 17.0 Å². The van der Waals surface area contributed by atoms with Crippen LogP contribution in [0.1, 0.15) is 0 Å². The lowest BCUT2D eigenvalue weighted by Gasteiger charge is -2.17. The molecule has 0 amide bonds. The first-order valence-corrected chi connectivity index (χ1v) is 5.97. The second kappa shape index (κ2) is 3.49. The quantitative estimate of drug-likeness (QED) is 0.592. The first-order valence-electron chi connectivity index (χ1n) is 5.16. The van der Waals surface area contributed by atoms with Gasteiger partial charge in [-0.2, -0.15) is 0 Å². The van der Waals surface area contributed by atoms with Crippen molar-refractivity contribution in [2.45, 2.75) is 9.79 Å². The molecule has 0 unspecified atom stereocenters. The number of anilines is 2. The summed E-state index contributed by atoms with van der Waals surface area (Å²) in [7, 11) is 4.08. The van der Waals surface area contributed by atoms with Gasteiger partial charge < -0.3 is 5.32 Å². The Bertz CT molecular complexity index is 515. The predicted octanol–water partition coefficient (Wildman–Crippen LogP) is 1.54. The van der Waals surface area contributed by atoms with E-state index in [-0.39, 0.29) is 0 Å². The molecule has 0 atom stereocenters. The average molecular weight is 231 g/mol. The molecule has 0 radical (unpaired) electrons. The second-order valence-electron chi connectivity index (χ2n) is 4.00. The van der Waals surface area contributed by atoms with Crippen molar-refractivity contribution in [3.05, 3.63) is 36.9 Å². The monoisotopic (exact) mass is 231 g/mol. The maximum Gasteiger partial charge on any atom is 0.193 e. The maximum absolute atomic E-state index is 3.45. The Labute approximate surface area is 98.7 Å². The lowest BCUT2D eigenvalue weighted by Crippen LogP contribution is -2.29. The van der Waals surface area contributed by atoms with Crippen molar-refractivity contribution in [1.29, 1.82) is 0 Å². The molecular formula is C12H13N3S+2. The minimum atomic E-state index is 1.18. The molecule has 2 aromatic rings. The molecule has 0 saturated heterocycles. The molecule has 3 nitrogen and oxygen atoms in total. The zero-order valence-corrected chi connectivity index (χ0v) is 10.1. The van der Waals surface area contributed by atoms with E-state index in [1.807, 2.05) is 25.9 Å². The highest BCUT2D eigenvalue weighted by Gasteiger charge is 2.19. The van der Waals surface area contributed by atoms with Crippen LogP contribution in [-0.4, -0.2) is 0 Å². The Hall–Kier alpha value is -1.55. The molecule has 0 bridgehead atoms. The van der Waals surface area contributed by atoms with Gasteiger partial charge in [0.15, 0.2) is 24.8 Å². The maximum atomic E-state index is 3.45. The van der Waals surface area contributed by atoms with E-state index in [0.29, 0.717) is 0 Å². The molecule has 1 aliphatic rings. The molecular weight excluding hydrogens is 218 g/mol. The molecule has 1 aliphatic heterocycles. The summed E-state index contributed by atoms with van der Waals surface area (Å²) in [5, 5.41) is 3.45. The van der Waals surface area contributed by atoms with E-state index >= 15 is 0 Å². The van der Waals surface area contributed by atoms with Crippen molar-refractivity contribution >= 4 is 23.1 Å². The number of aromatic nitrogens is 2. The van der Waals surface area contributed by atoms with Crippen LogP contribution in [0.25, 0.3) is 0 Å². The minimum absolute atomic E-state index is 1.18. The van der Waals surface area contributed by atoms with Gasteiger partial charge in [-0.1, -0.05) is 11.8 Å². The molecule has 0 aromatic carbocycles. The number of nitrogens with one attached hydrogen (secondary N) is 1. The van der Waals surface area contributed by atoms with Crippen molar-refractivity contribution in [3.63, 3.8) is 0 Å². The van der Waals surface area contributed by atoms with E-state index in [9.17, 15) is 0 Å². The number of hydrogen-bond acceptors (Lipinski definition) is 2. The summed E-state index contributed by atoms with van der Waals surface area (Å²) in [5.74, 6) is 0. The van der Waals surface area contributed by atoms with Crippen LogP contribution in [0.3, 0.4) is 0 Å². The smallest absolute Gasteiger partial charge is 0.193 e.